The Kier molecular flexibility index (Phi) is 5.80. The summed E-state index contributed by atoms with van der Waals surface area (Å²) in [4.78, 5) is 12.4. The molecule has 1 N–H and O–H groups in total. The van der Waals surface area contributed by atoms with E-state index >= 15 is 0 Å². The minimum absolute atomic E-state index is 0.0275. The summed E-state index contributed by atoms with van der Waals surface area (Å²) in [6, 6.07) is 13.9. The van der Waals surface area contributed by atoms with E-state index in [1.807, 2.05) is 32.9 Å². The highest BCUT2D eigenvalue weighted by Crippen LogP contribution is 2.20. The van der Waals surface area contributed by atoms with E-state index in [1.165, 1.54) is 5.56 Å². The molecule has 1 atom stereocenters. The van der Waals surface area contributed by atoms with Crippen LogP contribution in [0.5, 0.6) is 5.75 Å². The Labute approximate surface area is 138 Å². The normalized spacial score (nSPS) is 11.8. The van der Waals surface area contributed by atoms with Gasteiger partial charge in [0.25, 0.3) is 5.91 Å². The van der Waals surface area contributed by atoms with Crippen LogP contribution in [0.3, 0.4) is 0 Å². The number of aryl methyl sites for hydroxylation is 2. The average molecular weight is 311 g/mol. The van der Waals surface area contributed by atoms with Crippen LogP contribution in [0.25, 0.3) is 0 Å². The van der Waals surface area contributed by atoms with E-state index in [4.69, 9.17) is 4.74 Å². The third kappa shape index (κ3) is 4.35. The largest absolute Gasteiger partial charge is 0.494 e. The van der Waals surface area contributed by atoms with Gasteiger partial charge in [-0.1, -0.05) is 31.2 Å². The molecule has 0 aliphatic carbocycles. The van der Waals surface area contributed by atoms with Crippen molar-refractivity contribution in [3.8, 4) is 5.75 Å². The molecule has 3 heteroatoms. The van der Waals surface area contributed by atoms with Crippen LogP contribution in [0.4, 0.5) is 0 Å². The smallest absolute Gasteiger partial charge is 0.251 e. The van der Waals surface area contributed by atoms with Gasteiger partial charge in [-0.25, -0.2) is 0 Å². The Hall–Kier alpha value is -2.29. The molecule has 2 rings (SSSR count). The summed E-state index contributed by atoms with van der Waals surface area (Å²) < 4.78 is 5.51. The average Bonchev–Trinajstić information content (AvgIpc) is 2.56. The maximum atomic E-state index is 12.4. The molecule has 0 aliphatic heterocycles. The van der Waals surface area contributed by atoms with Gasteiger partial charge in [0.05, 0.1) is 12.6 Å². The standard InChI is InChI=1S/C20H25NO2/c1-5-16-7-9-17(10-8-16)15(4)21-20(22)18-11-12-19(23-6-2)14(3)13-18/h7-13,15H,5-6H2,1-4H3,(H,21,22)/t15-/m0/s1. The fourth-order valence-corrected chi connectivity index (χ4v) is 2.51. The molecule has 1 amide bonds. The first-order valence-electron chi connectivity index (χ1n) is 8.18. The lowest BCUT2D eigenvalue weighted by molar-refractivity contribution is 0.0940. The molecule has 0 unspecified atom stereocenters. The van der Waals surface area contributed by atoms with Gasteiger partial charge < -0.3 is 10.1 Å². The molecule has 0 aliphatic rings. The minimum atomic E-state index is -0.0665. The molecular weight excluding hydrogens is 286 g/mol. The highest BCUT2D eigenvalue weighted by atomic mass is 16.5. The molecule has 0 saturated heterocycles. The lowest BCUT2D eigenvalue weighted by Crippen LogP contribution is -2.26. The van der Waals surface area contributed by atoms with Gasteiger partial charge in [-0.3, -0.25) is 4.79 Å². The molecular formula is C20H25NO2. The molecule has 122 valence electrons. The Bertz CT molecular complexity index is 662. The van der Waals surface area contributed by atoms with Crippen molar-refractivity contribution < 1.29 is 9.53 Å². The highest BCUT2D eigenvalue weighted by molar-refractivity contribution is 5.94. The van der Waals surface area contributed by atoms with Crippen molar-refractivity contribution in [3.05, 3.63) is 64.7 Å². The van der Waals surface area contributed by atoms with Crippen LogP contribution in [-0.2, 0) is 6.42 Å². The van der Waals surface area contributed by atoms with E-state index < -0.39 is 0 Å². The topological polar surface area (TPSA) is 38.3 Å². The predicted octanol–water partition coefficient (Wildman–Crippen LogP) is 4.45. The van der Waals surface area contributed by atoms with E-state index in [0.717, 1.165) is 23.3 Å². The zero-order chi connectivity index (χ0) is 16.8. The fourth-order valence-electron chi connectivity index (χ4n) is 2.51. The van der Waals surface area contributed by atoms with Crippen LogP contribution < -0.4 is 10.1 Å². The summed E-state index contributed by atoms with van der Waals surface area (Å²) in [5.74, 6) is 0.760. The molecule has 0 spiro atoms. The van der Waals surface area contributed by atoms with Gasteiger partial charge in [-0.15, -0.1) is 0 Å². The van der Waals surface area contributed by atoms with E-state index in [-0.39, 0.29) is 11.9 Å². The van der Waals surface area contributed by atoms with E-state index in [9.17, 15) is 4.79 Å². The highest BCUT2D eigenvalue weighted by Gasteiger charge is 2.12. The van der Waals surface area contributed by atoms with E-state index in [2.05, 4.69) is 36.5 Å². The van der Waals surface area contributed by atoms with Crippen LogP contribution in [0.2, 0.25) is 0 Å². The molecule has 0 aromatic heterocycles. The molecule has 0 bridgehead atoms. The number of ether oxygens (including phenoxy) is 1. The SMILES string of the molecule is CCOc1ccc(C(=O)N[C@@H](C)c2ccc(CC)cc2)cc1C. The molecule has 0 saturated carbocycles. The Morgan fingerprint density at radius 3 is 2.39 bits per heavy atom. The van der Waals surface area contributed by atoms with Crippen molar-refractivity contribution in [1.29, 1.82) is 0 Å². The third-order valence-electron chi connectivity index (χ3n) is 3.97. The van der Waals surface area contributed by atoms with Crippen LogP contribution in [0.15, 0.2) is 42.5 Å². The number of rotatable bonds is 6. The number of carbonyl (C=O) groups is 1. The summed E-state index contributed by atoms with van der Waals surface area (Å²) in [5, 5.41) is 3.05. The Balaban J connectivity index is 2.06. The van der Waals surface area contributed by atoms with Crippen molar-refractivity contribution >= 4 is 5.91 Å². The molecule has 0 heterocycles. The summed E-state index contributed by atoms with van der Waals surface area (Å²) in [5.41, 5.74) is 4.04. The minimum Gasteiger partial charge on any atom is -0.494 e. The van der Waals surface area contributed by atoms with Crippen molar-refractivity contribution in [2.24, 2.45) is 0 Å². The van der Waals surface area contributed by atoms with Crippen LogP contribution in [0.1, 0.15) is 53.9 Å². The van der Waals surface area contributed by atoms with Crippen molar-refractivity contribution in [3.63, 3.8) is 0 Å². The second-order valence-electron chi connectivity index (χ2n) is 5.70. The van der Waals surface area contributed by atoms with Crippen molar-refractivity contribution in [2.45, 2.75) is 40.2 Å². The zero-order valence-corrected chi connectivity index (χ0v) is 14.3. The summed E-state index contributed by atoms with van der Waals surface area (Å²) in [7, 11) is 0. The van der Waals surface area contributed by atoms with Gasteiger partial charge in [0.2, 0.25) is 0 Å². The van der Waals surface area contributed by atoms with Crippen LogP contribution in [-0.4, -0.2) is 12.5 Å². The van der Waals surface area contributed by atoms with Crippen molar-refractivity contribution in [2.75, 3.05) is 6.61 Å². The first-order valence-corrected chi connectivity index (χ1v) is 8.18. The molecule has 23 heavy (non-hydrogen) atoms. The molecule has 0 radical (unpaired) electrons. The molecule has 2 aromatic rings. The van der Waals surface area contributed by atoms with Gasteiger partial charge >= 0.3 is 0 Å². The van der Waals surface area contributed by atoms with Gasteiger partial charge in [0, 0.05) is 5.56 Å². The number of nitrogens with one attached hydrogen (secondary N) is 1. The monoisotopic (exact) mass is 311 g/mol. The second-order valence-corrected chi connectivity index (χ2v) is 5.70. The van der Waals surface area contributed by atoms with Gasteiger partial charge in [0.1, 0.15) is 5.75 Å². The van der Waals surface area contributed by atoms with Gasteiger partial charge in [-0.2, -0.15) is 0 Å². The number of carbonyl (C=O) groups excluding carboxylic acids is 1. The second kappa shape index (κ2) is 7.82. The van der Waals surface area contributed by atoms with Crippen molar-refractivity contribution in [1.82, 2.24) is 5.32 Å². The quantitative estimate of drug-likeness (QED) is 0.856. The first-order chi connectivity index (χ1) is 11.0. The Morgan fingerprint density at radius 2 is 1.83 bits per heavy atom. The van der Waals surface area contributed by atoms with E-state index in [1.54, 1.807) is 6.07 Å². The number of amides is 1. The lowest BCUT2D eigenvalue weighted by atomic mass is 10.0. The maximum absolute atomic E-state index is 12.4. The van der Waals surface area contributed by atoms with Gasteiger partial charge in [0.15, 0.2) is 0 Å². The first kappa shape index (κ1) is 17.1. The molecule has 3 nitrogen and oxygen atoms in total. The molecule has 2 aromatic carbocycles. The number of hydrogen-bond donors (Lipinski definition) is 1. The number of hydrogen-bond acceptors (Lipinski definition) is 2. The predicted molar refractivity (Wildman–Crippen MR) is 94.0 cm³/mol. The fraction of sp³-hybridized carbons (Fsp3) is 0.350. The summed E-state index contributed by atoms with van der Waals surface area (Å²) in [6.45, 7) is 8.66. The van der Waals surface area contributed by atoms with E-state index in [0.29, 0.717) is 12.2 Å². The zero-order valence-electron chi connectivity index (χ0n) is 14.3. The molecule has 0 fully saturated rings. The Morgan fingerprint density at radius 1 is 1.13 bits per heavy atom. The summed E-state index contributed by atoms with van der Waals surface area (Å²) in [6.07, 6.45) is 1.02. The van der Waals surface area contributed by atoms with Crippen LogP contribution >= 0.6 is 0 Å². The van der Waals surface area contributed by atoms with Crippen LogP contribution in [0, 0.1) is 6.92 Å². The maximum Gasteiger partial charge on any atom is 0.251 e. The third-order valence-corrected chi connectivity index (χ3v) is 3.97. The summed E-state index contributed by atoms with van der Waals surface area (Å²) >= 11 is 0. The van der Waals surface area contributed by atoms with Gasteiger partial charge in [-0.05, 0) is 62.1 Å². The lowest BCUT2D eigenvalue weighted by Gasteiger charge is -2.15. The number of benzene rings is 2.